The third kappa shape index (κ3) is 1.85. The number of H-pyrrole nitrogens is 1. The molecule has 0 aliphatic carbocycles. The molecule has 0 aliphatic heterocycles. The lowest BCUT2D eigenvalue weighted by molar-refractivity contribution is 0.768. The first-order chi connectivity index (χ1) is 10.1. The van der Waals surface area contributed by atoms with Crippen molar-refractivity contribution in [1.29, 1.82) is 0 Å². The largest absolute Gasteiger partial charge is 0.281 e. The number of aromatic amines is 1. The molecular weight excluding hydrogens is 312 g/mol. The van der Waals surface area contributed by atoms with Crippen LogP contribution in [0.4, 0.5) is 0 Å². The van der Waals surface area contributed by atoms with Gasteiger partial charge in [0.05, 0.1) is 22.5 Å². The molecule has 0 atom stereocenters. The number of hydrogen-bond donors (Lipinski definition) is 1. The number of nitrogens with one attached hydrogen (secondary N) is 1. The summed E-state index contributed by atoms with van der Waals surface area (Å²) in [6.45, 7) is 1.86. The van der Waals surface area contributed by atoms with E-state index in [2.05, 4.69) is 30.6 Å². The van der Waals surface area contributed by atoms with E-state index < -0.39 is 0 Å². The van der Waals surface area contributed by atoms with E-state index in [4.69, 9.17) is 11.6 Å². The SMILES string of the molecule is Cc1[nH]nc(-c2nn3c(-c4cnn(C)c4)nnc3s2)c1Cl. The van der Waals surface area contributed by atoms with E-state index in [1.54, 1.807) is 15.4 Å². The van der Waals surface area contributed by atoms with Crippen LogP contribution in [-0.2, 0) is 7.05 Å². The van der Waals surface area contributed by atoms with Gasteiger partial charge in [-0.15, -0.1) is 10.2 Å². The van der Waals surface area contributed by atoms with Crippen LogP contribution in [0.3, 0.4) is 0 Å². The number of rotatable bonds is 2. The lowest BCUT2D eigenvalue weighted by atomic mass is 10.3. The van der Waals surface area contributed by atoms with Crippen LogP contribution >= 0.6 is 22.9 Å². The van der Waals surface area contributed by atoms with Gasteiger partial charge in [-0.2, -0.15) is 19.8 Å². The summed E-state index contributed by atoms with van der Waals surface area (Å²) in [5.74, 6) is 0.643. The molecule has 10 heteroatoms. The van der Waals surface area contributed by atoms with Crippen molar-refractivity contribution in [3.05, 3.63) is 23.1 Å². The quantitative estimate of drug-likeness (QED) is 0.609. The third-order valence-electron chi connectivity index (χ3n) is 3.03. The normalized spacial score (nSPS) is 11.6. The van der Waals surface area contributed by atoms with Gasteiger partial charge in [-0.1, -0.05) is 22.9 Å². The van der Waals surface area contributed by atoms with Crippen LogP contribution in [-0.4, -0.2) is 39.8 Å². The smallest absolute Gasteiger partial charge is 0.235 e. The molecule has 0 radical (unpaired) electrons. The molecule has 0 saturated heterocycles. The topological polar surface area (TPSA) is 89.6 Å². The Labute approximate surface area is 127 Å². The summed E-state index contributed by atoms with van der Waals surface area (Å²) in [7, 11) is 1.85. The standard InChI is InChI=1S/C11H9ClN8S/c1-5-7(12)8(15-14-5)10-18-20-9(16-17-11(20)21-10)6-3-13-19(2)4-6/h3-4H,1-2H3,(H,14,15). The molecule has 4 aromatic heterocycles. The minimum atomic E-state index is 0.572. The first kappa shape index (κ1) is 12.5. The molecule has 0 saturated carbocycles. The van der Waals surface area contributed by atoms with Crippen molar-refractivity contribution in [3.8, 4) is 22.1 Å². The molecule has 8 nitrogen and oxygen atoms in total. The molecule has 1 N–H and O–H groups in total. The van der Waals surface area contributed by atoms with Gasteiger partial charge in [-0.05, 0) is 6.92 Å². The number of aryl methyl sites for hydroxylation is 2. The van der Waals surface area contributed by atoms with Crippen molar-refractivity contribution in [2.45, 2.75) is 6.92 Å². The van der Waals surface area contributed by atoms with Gasteiger partial charge < -0.3 is 0 Å². The second-order valence-corrected chi connectivity index (χ2v) is 5.87. The monoisotopic (exact) mass is 320 g/mol. The first-order valence-electron chi connectivity index (χ1n) is 6.05. The summed E-state index contributed by atoms with van der Waals surface area (Å²) in [4.78, 5) is 0.681. The summed E-state index contributed by atoms with van der Waals surface area (Å²) in [6.07, 6.45) is 3.59. The molecule has 106 valence electrons. The third-order valence-corrected chi connectivity index (χ3v) is 4.40. The highest BCUT2D eigenvalue weighted by Gasteiger charge is 2.19. The molecule has 0 aromatic carbocycles. The molecular formula is C11H9ClN8S. The highest BCUT2D eigenvalue weighted by molar-refractivity contribution is 7.19. The lowest BCUT2D eigenvalue weighted by Gasteiger charge is -1.91. The minimum absolute atomic E-state index is 0.572. The van der Waals surface area contributed by atoms with E-state index >= 15 is 0 Å². The minimum Gasteiger partial charge on any atom is -0.281 e. The first-order valence-corrected chi connectivity index (χ1v) is 7.25. The van der Waals surface area contributed by atoms with E-state index in [9.17, 15) is 0 Å². The van der Waals surface area contributed by atoms with E-state index in [0.29, 0.717) is 26.5 Å². The maximum Gasteiger partial charge on any atom is 0.235 e. The Kier molecular flexibility index (Phi) is 2.59. The molecule has 21 heavy (non-hydrogen) atoms. The highest BCUT2D eigenvalue weighted by Crippen LogP contribution is 2.32. The van der Waals surface area contributed by atoms with Crippen molar-refractivity contribution in [3.63, 3.8) is 0 Å². The van der Waals surface area contributed by atoms with Crippen molar-refractivity contribution in [1.82, 2.24) is 39.8 Å². The van der Waals surface area contributed by atoms with Gasteiger partial charge in [0.15, 0.2) is 10.8 Å². The predicted molar refractivity (Wildman–Crippen MR) is 78.2 cm³/mol. The summed E-state index contributed by atoms with van der Waals surface area (Å²) < 4.78 is 3.38. The Balaban J connectivity index is 1.88. The molecule has 0 spiro atoms. The van der Waals surface area contributed by atoms with E-state index in [-0.39, 0.29) is 0 Å². The Morgan fingerprint density at radius 1 is 1.33 bits per heavy atom. The van der Waals surface area contributed by atoms with Gasteiger partial charge in [0.25, 0.3) is 0 Å². The zero-order valence-corrected chi connectivity index (χ0v) is 12.6. The van der Waals surface area contributed by atoms with Gasteiger partial charge in [-0.3, -0.25) is 9.78 Å². The fourth-order valence-electron chi connectivity index (χ4n) is 1.99. The Hall–Kier alpha value is -2.26. The van der Waals surface area contributed by atoms with Crippen LogP contribution in [0.15, 0.2) is 12.4 Å². The average molecular weight is 321 g/mol. The zero-order chi connectivity index (χ0) is 14.6. The molecule has 4 rings (SSSR count). The molecule has 0 fully saturated rings. The van der Waals surface area contributed by atoms with Gasteiger partial charge in [0.2, 0.25) is 4.96 Å². The molecule has 0 bridgehead atoms. The summed E-state index contributed by atoms with van der Waals surface area (Å²) in [5, 5.41) is 25.2. The number of halogens is 1. The van der Waals surface area contributed by atoms with Gasteiger partial charge in [0.1, 0.15) is 5.69 Å². The van der Waals surface area contributed by atoms with Crippen LogP contribution in [0.1, 0.15) is 5.69 Å². The molecule has 0 unspecified atom stereocenters. The molecule has 0 aliphatic rings. The van der Waals surface area contributed by atoms with Crippen LogP contribution in [0.5, 0.6) is 0 Å². The van der Waals surface area contributed by atoms with Crippen LogP contribution in [0.25, 0.3) is 27.1 Å². The lowest BCUT2D eigenvalue weighted by Crippen LogP contribution is -1.90. The van der Waals surface area contributed by atoms with Crippen LogP contribution in [0.2, 0.25) is 5.02 Å². The second-order valence-electron chi connectivity index (χ2n) is 4.54. The summed E-state index contributed by atoms with van der Waals surface area (Å²) >= 11 is 7.60. The van der Waals surface area contributed by atoms with Gasteiger partial charge >= 0.3 is 0 Å². The Morgan fingerprint density at radius 3 is 2.86 bits per heavy atom. The number of aromatic nitrogens is 8. The Morgan fingerprint density at radius 2 is 2.19 bits per heavy atom. The fourth-order valence-corrected chi connectivity index (χ4v) is 3.05. The summed E-state index contributed by atoms with van der Waals surface area (Å²) in [6, 6.07) is 0. The average Bonchev–Trinajstić information content (AvgIpc) is 3.17. The van der Waals surface area contributed by atoms with Crippen LogP contribution < -0.4 is 0 Å². The van der Waals surface area contributed by atoms with E-state index in [0.717, 1.165) is 11.3 Å². The molecule has 0 amide bonds. The zero-order valence-electron chi connectivity index (χ0n) is 11.1. The van der Waals surface area contributed by atoms with E-state index in [1.807, 2.05) is 20.2 Å². The van der Waals surface area contributed by atoms with Crippen molar-refractivity contribution in [2.24, 2.45) is 7.05 Å². The maximum atomic E-state index is 6.21. The molecule has 4 heterocycles. The Bertz CT molecular complexity index is 945. The summed E-state index contributed by atoms with van der Waals surface area (Å²) in [5.41, 5.74) is 2.29. The van der Waals surface area contributed by atoms with Crippen molar-refractivity contribution >= 4 is 27.9 Å². The van der Waals surface area contributed by atoms with Crippen molar-refractivity contribution < 1.29 is 0 Å². The number of fused-ring (bicyclic) bond motifs is 1. The van der Waals surface area contributed by atoms with Crippen LogP contribution in [0, 0.1) is 6.92 Å². The fraction of sp³-hybridized carbons (Fsp3) is 0.182. The second kappa shape index (κ2) is 4.37. The molecule has 4 aromatic rings. The van der Waals surface area contributed by atoms with Gasteiger partial charge in [0, 0.05) is 13.2 Å². The highest BCUT2D eigenvalue weighted by atomic mass is 35.5. The number of nitrogens with zero attached hydrogens (tertiary/aromatic N) is 7. The van der Waals surface area contributed by atoms with Crippen molar-refractivity contribution in [2.75, 3.05) is 0 Å². The number of hydrogen-bond acceptors (Lipinski definition) is 6. The maximum absolute atomic E-state index is 6.21. The predicted octanol–water partition coefficient (Wildman–Crippen LogP) is 1.94. The van der Waals surface area contributed by atoms with E-state index in [1.165, 1.54) is 11.3 Å². The van der Waals surface area contributed by atoms with Gasteiger partial charge in [-0.25, -0.2) is 0 Å².